The number of benzene rings is 2. The van der Waals surface area contributed by atoms with Crippen LogP contribution in [0.2, 0.25) is 0 Å². The van der Waals surface area contributed by atoms with Gasteiger partial charge in [-0.3, -0.25) is 14.4 Å². The van der Waals surface area contributed by atoms with Crippen molar-refractivity contribution in [2.45, 2.75) is 80.8 Å². The molecular weight excluding hydrogens is 548 g/mol. The molecule has 2 aromatic rings. The molecule has 0 unspecified atom stereocenters. The van der Waals surface area contributed by atoms with Crippen LogP contribution in [0.25, 0.3) is 6.08 Å². The first-order valence-corrected chi connectivity index (χ1v) is 14.3. The molecule has 8 heteroatoms. The van der Waals surface area contributed by atoms with Gasteiger partial charge in [0.2, 0.25) is 13.6 Å². The maximum absolute atomic E-state index is 13.0. The summed E-state index contributed by atoms with van der Waals surface area (Å²) in [5.74, 6) is 0.490. The van der Waals surface area contributed by atoms with Crippen LogP contribution in [-0.4, -0.2) is 37.4 Å². The largest absolute Gasteiger partial charge is 0.490 e. The zero-order chi connectivity index (χ0) is 32.6. The number of carbonyl (C=O) groups is 3. The molecule has 0 saturated heterocycles. The zero-order valence-corrected chi connectivity index (χ0v) is 27.2. The minimum absolute atomic E-state index is 0.150. The van der Waals surface area contributed by atoms with Crippen molar-refractivity contribution in [3.63, 3.8) is 0 Å². The van der Waals surface area contributed by atoms with Gasteiger partial charge in [0, 0.05) is 28.2 Å². The fraction of sp³-hybridized carbons (Fsp3) is 0.457. The summed E-state index contributed by atoms with van der Waals surface area (Å²) in [6.07, 6.45) is 4.82. The van der Waals surface area contributed by atoms with Crippen LogP contribution in [0, 0.1) is 10.8 Å². The lowest BCUT2D eigenvalue weighted by atomic mass is 9.83. The van der Waals surface area contributed by atoms with Crippen LogP contribution in [0.15, 0.2) is 55.1 Å². The molecule has 0 saturated carbocycles. The highest BCUT2D eigenvalue weighted by atomic mass is 16.7. The molecule has 0 spiro atoms. The van der Waals surface area contributed by atoms with E-state index in [0.29, 0.717) is 28.4 Å². The maximum atomic E-state index is 13.0. The van der Waals surface area contributed by atoms with Crippen LogP contribution in [0.3, 0.4) is 0 Å². The van der Waals surface area contributed by atoms with E-state index >= 15 is 0 Å². The first-order chi connectivity index (χ1) is 19.8. The molecule has 0 aliphatic rings. The fourth-order valence-electron chi connectivity index (χ4n) is 3.50. The van der Waals surface area contributed by atoms with Crippen LogP contribution in [0.5, 0.6) is 17.2 Å². The monoisotopic (exact) mass is 594 g/mol. The molecule has 0 amide bonds. The van der Waals surface area contributed by atoms with E-state index in [4.69, 9.17) is 23.7 Å². The van der Waals surface area contributed by atoms with Gasteiger partial charge in [0.25, 0.3) is 0 Å². The zero-order valence-electron chi connectivity index (χ0n) is 27.2. The van der Waals surface area contributed by atoms with Crippen LogP contribution >= 0.6 is 0 Å². The van der Waals surface area contributed by atoms with Crippen molar-refractivity contribution in [3.05, 3.63) is 71.8 Å². The lowest BCUT2D eigenvalue weighted by Crippen LogP contribution is -2.25. The summed E-state index contributed by atoms with van der Waals surface area (Å²) in [6.45, 7) is 21.9. The van der Waals surface area contributed by atoms with Gasteiger partial charge in [0.1, 0.15) is 17.2 Å². The lowest BCUT2D eigenvalue weighted by molar-refractivity contribution is -0.160. The molecule has 0 aliphatic heterocycles. The third-order valence-electron chi connectivity index (χ3n) is 6.28. The lowest BCUT2D eigenvalue weighted by Gasteiger charge is -2.26. The highest BCUT2D eigenvalue weighted by molar-refractivity contribution is 6.07. The normalized spacial score (nSPS) is 12.2. The number of esters is 2. The van der Waals surface area contributed by atoms with Crippen molar-refractivity contribution < 1.29 is 38.1 Å². The van der Waals surface area contributed by atoms with Crippen LogP contribution in [0.1, 0.15) is 90.7 Å². The average Bonchev–Trinajstić information content (AvgIpc) is 2.91. The SMILES string of the molecule is C=CC(C)(C)c1cc(C=CC(=O)c2ccc(OCOC(=O)C(C)(C)C)cc2)c(OC(C)C)cc1OCOC(=O)C(C)(C)C. The molecular formula is C35H46O8. The van der Waals surface area contributed by atoms with E-state index < -0.39 is 16.2 Å². The van der Waals surface area contributed by atoms with E-state index in [2.05, 4.69) is 6.58 Å². The maximum Gasteiger partial charge on any atom is 0.314 e. The Morgan fingerprint density at radius 2 is 1.33 bits per heavy atom. The summed E-state index contributed by atoms with van der Waals surface area (Å²) in [4.78, 5) is 37.2. The van der Waals surface area contributed by atoms with E-state index in [1.807, 2.05) is 33.8 Å². The van der Waals surface area contributed by atoms with Gasteiger partial charge in [-0.1, -0.05) is 19.9 Å². The summed E-state index contributed by atoms with van der Waals surface area (Å²) in [5, 5.41) is 0. The van der Waals surface area contributed by atoms with Gasteiger partial charge in [-0.2, -0.15) is 0 Å². The van der Waals surface area contributed by atoms with Crippen molar-refractivity contribution in [3.8, 4) is 17.2 Å². The third-order valence-corrected chi connectivity index (χ3v) is 6.28. The van der Waals surface area contributed by atoms with Crippen molar-refractivity contribution in [1.29, 1.82) is 0 Å². The van der Waals surface area contributed by atoms with Crippen molar-refractivity contribution in [2.75, 3.05) is 13.6 Å². The third kappa shape index (κ3) is 10.6. The van der Waals surface area contributed by atoms with Crippen LogP contribution in [-0.2, 0) is 24.5 Å². The minimum Gasteiger partial charge on any atom is -0.490 e. The molecule has 43 heavy (non-hydrogen) atoms. The Labute approximate surface area is 256 Å². The molecule has 8 nitrogen and oxygen atoms in total. The number of carbonyl (C=O) groups excluding carboxylic acids is 3. The van der Waals surface area contributed by atoms with Crippen molar-refractivity contribution in [1.82, 2.24) is 0 Å². The number of allylic oxidation sites excluding steroid dienone is 2. The van der Waals surface area contributed by atoms with Gasteiger partial charge >= 0.3 is 11.9 Å². The van der Waals surface area contributed by atoms with Crippen LogP contribution in [0.4, 0.5) is 0 Å². The second-order valence-corrected chi connectivity index (χ2v) is 13.1. The molecule has 0 atom stereocenters. The summed E-state index contributed by atoms with van der Waals surface area (Å²) in [6, 6.07) is 10.2. The average molecular weight is 595 g/mol. The molecule has 2 aromatic carbocycles. The molecule has 0 heterocycles. The summed E-state index contributed by atoms with van der Waals surface area (Å²) < 4.78 is 27.9. The first kappa shape index (κ1) is 35.1. The van der Waals surface area contributed by atoms with Gasteiger partial charge in [-0.15, -0.1) is 6.58 Å². The summed E-state index contributed by atoms with van der Waals surface area (Å²) >= 11 is 0. The van der Waals surface area contributed by atoms with E-state index in [1.165, 1.54) is 6.08 Å². The molecule has 0 fully saturated rings. The second-order valence-electron chi connectivity index (χ2n) is 13.1. The van der Waals surface area contributed by atoms with Crippen molar-refractivity contribution >= 4 is 23.8 Å². The predicted molar refractivity (Wildman–Crippen MR) is 167 cm³/mol. The Balaban J connectivity index is 2.29. The standard InChI is InChI=1S/C35H46O8/c1-12-35(10,11)27-19-25(29(43-23(2)3)20-30(27)40-22-42-32(38)34(7,8)9)15-18-28(36)24-13-16-26(17-14-24)39-21-41-31(37)33(4,5)6/h12-20,23H,1,21-22H2,2-11H3. The number of ketones is 1. The Hall–Kier alpha value is -4.07. The number of ether oxygens (including phenoxy) is 5. The van der Waals surface area contributed by atoms with Gasteiger partial charge in [-0.25, -0.2) is 0 Å². The van der Waals surface area contributed by atoms with Crippen molar-refractivity contribution in [2.24, 2.45) is 10.8 Å². The highest BCUT2D eigenvalue weighted by Gasteiger charge is 2.26. The summed E-state index contributed by atoms with van der Waals surface area (Å²) in [5.41, 5.74) is 0.117. The summed E-state index contributed by atoms with van der Waals surface area (Å²) in [7, 11) is 0. The molecule has 0 aromatic heterocycles. The smallest absolute Gasteiger partial charge is 0.314 e. The number of hydrogen-bond donors (Lipinski definition) is 0. The minimum atomic E-state index is -0.659. The first-order valence-electron chi connectivity index (χ1n) is 14.3. The molecule has 2 rings (SSSR count). The van der Waals surface area contributed by atoms with Gasteiger partial charge < -0.3 is 23.7 Å². The molecule has 0 radical (unpaired) electrons. The number of hydrogen-bond acceptors (Lipinski definition) is 8. The van der Waals surface area contributed by atoms with Gasteiger partial charge in [0.15, 0.2) is 5.78 Å². The second kappa shape index (κ2) is 14.4. The fourth-order valence-corrected chi connectivity index (χ4v) is 3.50. The molecule has 0 N–H and O–H groups in total. The van der Waals surface area contributed by atoms with E-state index in [9.17, 15) is 14.4 Å². The van der Waals surface area contributed by atoms with E-state index in [1.54, 1.807) is 84.0 Å². The number of rotatable bonds is 13. The quantitative estimate of drug-likeness (QED) is 0.0766. The molecule has 0 aliphatic carbocycles. The Morgan fingerprint density at radius 3 is 1.81 bits per heavy atom. The Kier molecular flexibility index (Phi) is 11.8. The van der Waals surface area contributed by atoms with E-state index in [-0.39, 0.29) is 37.4 Å². The molecule has 0 bridgehead atoms. The van der Waals surface area contributed by atoms with E-state index in [0.717, 1.165) is 5.56 Å². The molecule has 234 valence electrons. The highest BCUT2D eigenvalue weighted by Crippen LogP contribution is 2.39. The van der Waals surface area contributed by atoms with Crippen LogP contribution < -0.4 is 14.2 Å². The van der Waals surface area contributed by atoms with Gasteiger partial charge in [-0.05, 0) is 97.9 Å². The Morgan fingerprint density at radius 1 is 0.791 bits per heavy atom. The van der Waals surface area contributed by atoms with Gasteiger partial charge in [0.05, 0.1) is 16.9 Å². The topological polar surface area (TPSA) is 97.4 Å². The predicted octanol–water partition coefficient (Wildman–Crippen LogP) is 7.68. The Bertz CT molecular complexity index is 1320.